The van der Waals surface area contributed by atoms with E-state index in [1.54, 1.807) is 25.3 Å². The lowest BCUT2D eigenvalue weighted by Gasteiger charge is -2.12. The van der Waals surface area contributed by atoms with Gasteiger partial charge in [0.1, 0.15) is 11.5 Å². The number of benzene rings is 1. The highest BCUT2D eigenvalue weighted by Crippen LogP contribution is 2.40. The van der Waals surface area contributed by atoms with Crippen molar-refractivity contribution in [3.8, 4) is 11.5 Å². The van der Waals surface area contributed by atoms with Crippen LogP contribution in [0.15, 0.2) is 18.2 Å². The van der Waals surface area contributed by atoms with Crippen LogP contribution in [0.25, 0.3) is 0 Å². The van der Waals surface area contributed by atoms with Crippen LogP contribution < -0.4 is 20.1 Å². The topological polar surface area (TPSA) is 79.9 Å². The molecule has 25 heavy (non-hydrogen) atoms. The van der Waals surface area contributed by atoms with Gasteiger partial charge in [0.15, 0.2) is 0 Å². The zero-order chi connectivity index (χ0) is 18.4. The van der Waals surface area contributed by atoms with Crippen molar-refractivity contribution in [2.75, 3.05) is 46.7 Å². The summed E-state index contributed by atoms with van der Waals surface area (Å²) in [4.78, 5) is 26.5. The average Bonchev–Trinajstić information content (AvgIpc) is 3.39. The number of amides is 2. The number of nitrogens with one attached hydrogen (secondary N) is 2. The second-order valence-electron chi connectivity index (χ2n) is 6.45. The Kier molecular flexibility index (Phi) is 6.64. The Balaban J connectivity index is 1.82. The van der Waals surface area contributed by atoms with Gasteiger partial charge in [0.25, 0.3) is 0 Å². The summed E-state index contributed by atoms with van der Waals surface area (Å²) in [5, 5.41) is 5.74. The van der Waals surface area contributed by atoms with Crippen molar-refractivity contribution in [1.82, 2.24) is 10.2 Å². The Morgan fingerprint density at radius 2 is 1.88 bits per heavy atom. The maximum Gasteiger partial charge on any atom is 0.228 e. The molecule has 2 rings (SSSR count). The van der Waals surface area contributed by atoms with Gasteiger partial charge in [0.2, 0.25) is 11.8 Å². The van der Waals surface area contributed by atoms with Crippen LogP contribution in [-0.4, -0.2) is 58.1 Å². The lowest BCUT2D eigenvalue weighted by molar-refractivity contribution is -0.125. The van der Waals surface area contributed by atoms with Crippen LogP contribution in [-0.2, 0) is 9.59 Å². The number of hydrogen-bond donors (Lipinski definition) is 2. The second kappa shape index (κ2) is 8.71. The fourth-order valence-corrected chi connectivity index (χ4v) is 2.64. The van der Waals surface area contributed by atoms with E-state index >= 15 is 0 Å². The summed E-state index contributed by atoms with van der Waals surface area (Å²) in [6.07, 6.45) is 1.48. The van der Waals surface area contributed by atoms with E-state index in [0.717, 1.165) is 13.0 Å². The first-order valence-corrected chi connectivity index (χ1v) is 8.41. The van der Waals surface area contributed by atoms with E-state index in [1.165, 1.54) is 7.11 Å². The van der Waals surface area contributed by atoms with Crippen LogP contribution in [0.4, 0.5) is 5.69 Å². The molecule has 1 aliphatic rings. The molecule has 7 heteroatoms. The molecule has 2 atom stereocenters. The summed E-state index contributed by atoms with van der Waals surface area (Å²) in [6, 6.07) is 5.19. The number of ether oxygens (including phenoxy) is 2. The Hall–Kier alpha value is -2.28. The van der Waals surface area contributed by atoms with Crippen LogP contribution in [0.1, 0.15) is 12.8 Å². The molecule has 1 saturated carbocycles. The summed E-state index contributed by atoms with van der Waals surface area (Å²) >= 11 is 0. The molecule has 1 aliphatic carbocycles. The van der Waals surface area contributed by atoms with Gasteiger partial charge in [-0.2, -0.15) is 0 Å². The number of carbonyl (C=O) groups is 2. The van der Waals surface area contributed by atoms with Gasteiger partial charge >= 0.3 is 0 Å². The Morgan fingerprint density at radius 3 is 2.52 bits per heavy atom. The maximum atomic E-state index is 12.3. The number of anilines is 1. The van der Waals surface area contributed by atoms with Crippen molar-refractivity contribution in [2.45, 2.75) is 12.8 Å². The van der Waals surface area contributed by atoms with Gasteiger partial charge in [-0.3, -0.25) is 9.59 Å². The Morgan fingerprint density at radius 1 is 1.16 bits per heavy atom. The molecule has 0 spiro atoms. The van der Waals surface area contributed by atoms with E-state index in [9.17, 15) is 9.59 Å². The molecule has 2 amide bonds. The number of rotatable bonds is 9. The lowest BCUT2D eigenvalue weighted by Crippen LogP contribution is -2.30. The van der Waals surface area contributed by atoms with Gasteiger partial charge < -0.3 is 25.0 Å². The predicted molar refractivity (Wildman–Crippen MR) is 96.0 cm³/mol. The maximum absolute atomic E-state index is 12.3. The van der Waals surface area contributed by atoms with E-state index in [1.807, 2.05) is 14.1 Å². The van der Waals surface area contributed by atoms with Gasteiger partial charge in [-0.1, -0.05) is 0 Å². The van der Waals surface area contributed by atoms with E-state index in [0.29, 0.717) is 30.2 Å². The fourth-order valence-electron chi connectivity index (χ4n) is 2.64. The van der Waals surface area contributed by atoms with Crippen molar-refractivity contribution in [3.63, 3.8) is 0 Å². The summed E-state index contributed by atoms with van der Waals surface area (Å²) < 4.78 is 10.4. The summed E-state index contributed by atoms with van der Waals surface area (Å²) in [5.41, 5.74) is 0.574. The van der Waals surface area contributed by atoms with Gasteiger partial charge in [-0.15, -0.1) is 0 Å². The molecule has 2 N–H and O–H groups in total. The highest BCUT2D eigenvalue weighted by atomic mass is 16.5. The molecule has 1 fully saturated rings. The second-order valence-corrected chi connectivity index (χ2v) is 6.45. The molecular formula is C18H27N3O4. The van der Waals surface area contributed by atoms with Crippen LogP contribution in [0.2, 0.25) is 0 Å². The lowest BCUT2D eigenvalue weighted by atomic mass is 10.2. The van der Waals surface area contributed by atoms with Crippen LogP contribution in [0, 0.1) is 11.8 Å². The quantitative estimate of drug-likeness (QED) is 0.658. The van der Waals surface area contributed by atoms with Crippen molar-refractivity contribution in [3.05, 3.63) is 18.2 Å². The molecule has 0 radical (unpaired) electrons. The first-order chi connectivity index (χ1) is 12.0. The number of methoxy groups -OCH3 is 2. The monoisotopic (exact) mass is 349 g/mol. The van der Waals surface area contributed by atoms with Crippen molar-refractivity contribution in [2.24, 2.45) is 11.8 Å². The minimum atomic E-state index is -0.277. The number of carbonyl (C=O) groups excluding carboxylic acids is 2. The molecule has 1 aromatic rings. The minimum Gasteiger partial charge on any atom is -0.497 e. The summed E-state index contributed by atoms with van der Waals surface area (Å²) in [7, 11) is 7.09. The molecule has 0 aliphatic heterocycles. The first-order valence-electron chi connectivity index (χ1n) is 8.41. The molecule has 1 aromatic carbocycles. The normalized spacial score (nSPS) is 18.6. The zero-order valence-corrected chi connectivity index (χ0v) is 15.3. The molecule has 0 heterocycles. The SMILES string of the molecule is COc1ccc(NC(=O)C2CC2C(=O)NCCCN(C)C)c(OC)c1. The highest BCUT2D eigenvalue weighted by molar-refractivity contribution is 6.00. The molecular weight excluding hydrogens is 322 g/mol. The van der Waals surface area contributed by atoms with Crippen molar-refractivity contribution >= 4 is 17.5 Å². The minimum absolute atomic E-state index is 0.0411. The molecule has 0 saturated heterocycles. The van der Waals surface area contributed by atoms with E-state index < -0.39 is 0 Å². The van der Waals surface area contributed by atoms with Crippen LogP contribution in [0.5, 0.6) is 11.5 Å². The molecule has 7 nitrogen and oxygen atoms in total. The molecule has 2 unspecified atom stereocenters. The van der Waals surface area contributed by atoms with Gasteiger partial charge in [-0.25, -0.2) is 0 Å². The fraction of sp³-hybridized carbons (Fsp3) is 0.556. The first kappa shape index (κ1) is 19.1. The predicted octanol–water partition coefficient (Wildman–Crippen LogP) is 1.35. The number of hydrogen-bond acceptors (Lipinski definition) is 5. The third-order valence-corrected chi connectivity index (χ3v) is 4.21. The third kappa shape index (κ3) is 5.35. The van der Waals surface area contributed by atoms with Crippen molar-refractivity contribution < 1.29 is 19.1 Å². The highest BCUT2D eigenvalue weighted by Gasteiger charge is 2.48. The molecule has 0 bridgehead atoms. The number of nitrogens with zero attached hydrogens (tertiary/aromatic N) is 1. The summed E-state index contributed by atoms with van der Waals surface area (Å²) in [5.74, 6) is 0.469. The average molecular weight is 349 g/mol. The van der Waals surface area contributed by atoms with E-state index in [2.05, 4.69) is 15.5 Å². The largest absolute Gasteiger partial charge is 0.497 e. The van der Waals surface area contributed by atoms with Crippen LogP contribution in [0.3, 0.4) is 0 Å². The molecule has 138 valence electrons. The van der Waals surface area contributed by atoms with Gasteiger partial charge in [0.05, 0.1) is 31.7 Å². The van der Waals surface area contributed by atoms with Gasteiger partial charge in [-0.05, 0) is 45.6 Å². The summed E-state index contributed by atoms with van der Waals surface area (Å²) in [6.45, 7) is 1.56. The Labute approximate surface area is 148 Å². The van der Waals surface area contributed by atoms with E-state index in [-0.39, 0.29) is 23.7 Å². The zero-order valence-electron chi connectivity index (χ0n) is 15.3. The molecule has 0 aromatic heterocycles. The standard InChI is InChI=1S/C18H27N3O4/c1-21(2)9-5-8-19-17(22)13-11-14(13)18(23)20-15-7-6-12(24-3)10-16(15)25-4/h6-7,10,13-14H,5,8-9,11H2,1-4H3,(H,19,22)(H,20,23). The van der Waals surface area contributed by atoms with E-state index in [4.69, 9.17) is 9.47 Å². The smallest absolute Gasteiger partial charge is 0.228 e. The van der Waals surface area contributed by atoms with Crippen LogP contribution >= 0.6 is 0 Å². The van der Waals surface area contributed by atoms with Gasteiger partial charge in [0, 0.05) is 12.6 Å². The van der Waals surface area contributed by atoms with Crippen molar-refractivity contribution in [1.29, 1.82) is 0 Å². The third-order valence-electron chi connectivity index (χ3n) is 4.21. The Bertz CT molecular complexity index is 618.